The first-order valence-electron chi connectivity index (χ1n) is 7.93. The number of nitro groups is 1. The van der Waals surface area contributed by atoms with E-state index in [0.29, 0.717) is 5.69 Å². The van der Waals surface area contributed by atoms with Crippen LogP contribution in [-0.2, 0) is 9.59 Å². The Balaban J connectivity index is 1.84. The summed E-state index contributed by atoms with van der Waals surface area (Å²) in [7, 11) is 0. The molecule has 1 heterocycles. The van der Waals surface area contributed by atoms with Gasteiger partial charge in [0.05, 0.1) is 10.6 Å². The van der Waals surface area contributed by atoms with E-state index in [1.165, 1.54) is 29.3 Å². The van der Waals surface area contributed by atoms with Crippen LogP contribution in [0.2, 0.25) is 0 Å². The van der Waals surface area contributed by atoms with Crippen LogP contribution in [0.4, 0.5) is 25.8 Å². The maximum absolute atomic E-state index is 13.4. The van der Waals surface area contributed by atoms with Gasteiger partial charge in [0.1, 0.15) is 17.6 Å². The van der Waals surface area contributed by atoms with Gasteiger partial charge in [-0.3, -0.25) is 24.7 Å². The summed E-state index contributed by atoms with van der Waals surface area (Å²) in [5.74, 6) is -3.01. The molecule has 0 spiro atoms. The highest BCUT2D eigenvalue weighted by atomic mass is 19.1. The maximum Gasteiger partial charge on any atom is 0.306 e. The average molecular weight is 389 g/mol. The summed E-state index contributed by atoms with van der Waals surface area (Å²) >= 11 is 0. The fourth-order valence-electron chi connectivity index (χ4n) is 2.63. The van der Waals surface area contributed by atoms with Crippen molar-refractivity contribution in [2.24, 2.45) is 10.8 Å². The highest BCUT2D eigenvalue weighted by molar-refractivity contribution is 6.44. The second-order valence-electron chi connectivity index (χ2n) is 5.87. The summed E-state index contributed by atoms with van der Waals surface area (Å²) in [4.78, 5) is 34.0. The van der Waals surface area contributed by atoms with E-state index in [1.807, 2.05) is 0 Å². The Hall–Kier alpha value is -3.89. The molecule has 11 heteroatoms. The van der Waals surface area contributed by atoms with Crippen LogP contribution < -0.4 is 16.1 Å². The number of anilines is 2. The molecule has 1 aliphatic heterocycles. The van der Waals surface area contributed by atoms with Gasteiger partial charge in [0, 0.05) is 18.2 Å². The molecule has 0 fully saturated rings. The SMILES string of the molecule is NC(=O)C1CC(C(=O)Nc2ccc(F)c([N+](=O)[O-])c2)=NN1c1ccc(F)cc1. The van der Waals surface area contributed by atoms with Crippen molar-refractivity contribution in [2.45, 2.75) is 12.5 Å². The molecule has 1 atom stereocenters. The number of hydrogen-bond acceptors (Lipinski definition) is 6. The Bertz CT molecular complexity index is 994. The minimum Gasteiger partial charge on any atom is -0.368 e. The van der Waals surface area contributed by atoms with Gasteiger partial charge in [-0.15, -0.1) is 0 Å². The Morgan fingerprint density at radius 3 is 2.50 bits per heavy atom. The van der Waals surface area contributed by atoms with E-state index in [-0.39, 0.29) is 17.8 Å². The fourth-order valence-corrected chi connectivity index (χ4v) is 2.63. The Morgan fingerprint density at radius 2 is 1.89 bits per heavy atom. The predicted molar refractivity (Wildman–Crippen MR) is 95.6 cm³/mol. The number of benzene rings is 2. The van der Waals surface area contributed by atoms with Crippen molar-refractivity contribution in [1.29, 1.82) is 0 Å². The van der Waals surface area contributed by atoms with Gasteiger partial charge in [-0.2, -0.15) is 9.49 Å². The number of nitrogens with two attached hydrogens (primary N) is 1. The molecule has 28 heavy (non-hydrogen) atoms. The first-order chi connectivity index (χ1) is 13.3. The van der Waals surface area contributed by atoms with E-state index in [1.54, 1.807) is 0 Å². The quantitative estimate of drug-likeness (QED) is 0.596. The number of nitrogens with zero attached hydrogens (tertiary/aromatic N) is 3. The zero-order valence-corrected chi connectivity index (χ0v) is 14.1. The van der Waals surface area contributed by atoms with Crippen LogP contribution in [0.3, 0.4) is 0 Å². The molecular weight excluding hydrogens is 376 g/mol. The number of halogens is 2. The van der Waals surface area contributed by atoms with Crippen LogP contribution in [0.15, 0.2) is 47.6 Å². The molecular formula is C17H13F2N5O4. The summed E-state index contributed by atoms with van der Waals surface area (Å²) in [6, 6.07) is 6.98. The molecule has 2 aromatic carbocycles. The Labute approximate surface area is 156 Å². The first kappa shape index (κ1) is 18.9. The summed E-state index contributed by atoms with van der Waals surface area (Å²) < 4.78 is 26.5. The average Bonchev–Trinajstić information content (AvgIpc) is 3.09. The third kappa shape index (κ3) is 3.77. The Kier molecular flexibility index (Phi) is 4.98. The summed E-state index contributed by atoms with van der Waals surface area (Å²) in [6.07, 6.45) is -0.123. The lowest BCUT2D eigenvalue weighted by molar-refractivity contribution is -0.387. The zero-order chi connectivity index (χ0) is 20.4. The Morgan fingerprint density at radius 1 is 1.21 bits per heavy atom. The molecule has 1 aliphatic rings. The van der Waals surface area contributed by atoms with Gasteiger partial charge in [-0.1, -0.05) is 0 Å². The number of nitrogens with one attached hydrogen (secondary N) is 1. The highest BCUT2D eigenvalue weighted by Gasteiger charge is 2.35. The lowest BCUT2D eigenvalue weighted by atomic mass is 10.1. The van der Waals surface area contributed by atoms with Crippen LogP contribution in [0.5, 0.6) is 0 Å². The standard InChI is InChI=1S/C17H13F2N5O4/c18-9-1-4-11(5-2-9)23-15(16(20)25)8-13(22-23)17(26)21-10-3-6-12(19)14(7-10)24(27)28/h1-7,15H,8H2,(H2,20,25)(H,21,26). The third-order valence-electron chi connectivity index (χ3n) is 3.99. The molecule has 0 aromatic heterocycles. The van der Waals surface area contributed by atoms with Crippen molar-refractivity contribution in [1.82, 2.24) is 0 Å². The monoisotopic (exact) mass is 389 g/mol. The predicted octanol–water partition coefficient (Wildman–Crippen LogP) is 1.93. The fraction of sp³-hybridized carbons (Fsp3) is 0.118. The summed E-state index contributed by atoms with van der Waals surface area (Å²) in [5, 5.41) is 18.4. The van der Waals surface area contributed by atoms with Gasteiger partial charge in [0.15, 0.2) is 0 Å². The molecule has 0 saturated carbocycles. The summed E-state index contributed by atoms with van der Waals surface area (Å²) in [6.45, 7) is 0. The van der Waals surface area contributed by atoms with Gasteiger partial charge in [-0.25, -0.2) is 4.39 Å². The van der Waals surface area contributed by atoms with Crippen LogP contribution in [0.1, 0.15) is 6.42 Å². The smallest absolute Gasteiger partial charge is 0.306 e. The first-order valence-corrected chi connectivity index (χ1v) is 7.93. The molecule has 3 rings (SSSR count). The molecule has 0 bridgehead atoms. The molecule has 2 aromatic rings. The van der Waals surface area contributed by atoms with Gasteiger partial charge in [0.25, 0.3) is 5.91 Å². The number of carbonyl (C=O) groups is 2. The third-order valence-corrected chi connectivity index (χ3v) is 3.99. The largest absolute Gasteiger partial charge is 0.368 e. The van der Waals surface area contributed by atoms with Crippen LogP contribution in [0, 0.1) is 21.7 Å². The lowest BCUT2D eigenvalue weighted by Gasteiger charge is -2.20. The zero-order valence-electron chi connectivity index (χ0n) is 14.1. The molecule has 0 saturated heterocycles. The normalized spacial score (nSPS) is 15.9. The topological polar surface area (TPSA) is 131 Å². The minimum atomic E-state index is -1.04. The van der Waals surface area contributed by atoms with E-state index in [0.717, 1.165) is 18.2 Å². The number of carbonyl (C=O) groups excluding carboxylic acids is 2. The summed E-state index contributed by atoms with van der Waals surface area (Å²) in [5.41, 5.74) is 4.83. The van der Waals surface area contributed by atoms with Crippen molar-refractivity contribution in [3.05, 3.63) is 64.2 Å². The van der Waals surface area contributed by atoms with Crippen molar-refractivity contribution >= 4 is 34.6 Å². The van der Waals surface area contributed by atoms with E-state index in [9.17, 15) is 28.5 Å². The number of rotatable bonds is 5. The lowest BCUT2D eigenvalue weighted by Crippen LogP contribution is -2.39. The molecule has 1 unspecified atom stereocenters. The van der Waals surface area contributed by atoms with Crippen molar-refractivity contribution < 1.29 is 23.3 Å². The van der Waals surface area contributed by atoms with Crippen molar-refractivity contribution in [3.8, 4) is 0 Å². The molecule has 9 nitrogen and oxygen atoms in total. The van der Waals surface area contributed by atoms with Gasteiger partial charge < -0.3 is 11.1 Å². The second kappa shape index (κ2) is 7.39. The maximum atomic E-state index is 13.4. The molecule has 144 valence electrons. The van der Waals surface area contributed by atoms with Crippen LogP contribution >= 0.6 is 0 Å². The molecule has 3 N–H and O–H groups in total. The minimum absolute atomic E-state index is 0.0170. The van der Waals surface area contributed by atoms with E-state index >= 15 is 0 Å². The second-order valence-corrected chi connectivity index (χ2v) is 5.87. The molecule has 0 aliphatic carbocycles. The van der Waals surface area contributed by atoms with E-state index in [2.05, 4.69) is 10.4 Å². The van der Waals surface area contributed by atoms with Crippen LogP contribution in [-0.4, -0.2) is 28.5 Å². The molecule has 2 amide bonds. The van der Waals surface area contributed by atoms with Crippen molar-refractivity contribution in [3.63, 3.8) is 0 Å². The number of nitro benzene ring substituents is 1. The highest BCUT2D eigenvalue weighted by Crippen LogP contribution is 2.26. The van der Waals surface area contributed by atoms with E-state index < -0.39 is 40.1 Å². The van der Waals surface area contributed by atoms with Crippen LogP contribution in [0.25, 0.3) is 0 Å². The van der Waals surface area contributed by atoms with Crippen molar-refractivity contribution in [2.75, 3.05) is 10.3 Å². The van der Waals surface area contributed by atoms with Gasteiger partial charge >= 0.3 is 5.69 Å². The van der Waals surface area contributed by atoms with Gasteiger partial charge in [0.2, 0.25) is 11.7 Å². The number of hydrogen-bond donors (Lipinski definition) is 2. The van der Waals surface area contributed by atoms with E-state index in [4.69, 9.17) is 5.73 Å². The number of primary amides is 1. The number of amides is 2. The van der Waals surface area contributed by atoms with Gasteiger partial charge in [-0.05, 0) is 36.4 Å². The number of hydrazone groups is 1. The molecule has 0 radical (unpaired) electrons.